The van der Waals surface area contributed by atoms with E-state index in [2.05, 4.69) is 25.7 Å². The van der Waals surface area contributed by atoms with Crippen molar-refractivity contribution in [1.82, 2.24) is 9.80 Å². The van der Waals surface area contributed by atoms with Gasteiger partial charge in [0.05, 0.1) is 11.5 Å². The Labute approximate surface area is 205 Å². The molecule has 1 amide bonds. The summed E-state index contributed by atoms with van der Waals surface area (Å²) in [5, 5.41) is 11.6. The van der Waals surface area contributed by atoms with E-state index in [-0.39, 0.29) is 23.3 Å². The molecule has 2 saturated heterocycles. The number of nitrogens with zero attached hydrogens (tertiary/aromatic N) is 2. The molecule has 2 aliphatic heterocycles. The van der Waals surface area contributed by atoms with E-state index in [0.717, 1.165) is 6.07 Å². The Morgan fingerprint density at radius 1 is 0.943 bits per heavy atom. The van der Waals surface area contributed by atoms with Gasteiger partial charge in [0.25, 0.3) is 0 Å². The van der Waals surface area contributed by atoms with E-state index in [1.165, 1.54) is 24.3 Å². The first-order valence-electron chi connectivity index (χ1n) is 12.3. The molecule has 4 atom stereocenters. The minimum Gasteiger partial charge on any atom is -0.384 e. The normalized spacial score (nSPS) is 30.0. The van der Waals surface area contributed by atoms with Crippen LogP contribution < -0.4 is 0 Å². The van der Waals surface area contributed by atoms with E-state index in [0.29, 0.717) is 37.3 Å². The molecule has 0 bridgehead atoms. The number of hydrogen-bond donors (Lipinski definition) is 1. The van der Waals surface area contributed by atoms with Crippen molar-refractivity contribution in [2.45, 2.75) is 51.7 Å². The fourth-order valence-corrected chi connectivity index (χ4v) is 5.94. The number of likely N-dealkylation sites (tertiary alicyclic amines) is 2. The molecule has 0 aromatic heterocycles. The van der Waals surface area contributed by atoms with Crippen molar-refractivity contribution in [2.75, 3.05) is 26.2 Å². The Kier molecular flexibility index (Phi) is 6.79. The molecule has 0 radical (unpaired) electrons. The molecule has 0 saturated carbocycles. The van der Waals surface area contributed by atoms with Gasteiger partial charge < -0.3 is 10.0 Å². The number of carbonyl (C=O) groups is 1. The summed E-state index contributed by atoms with van der Waals surface area (Å²) in [7, 11) is 0. The number of carbonyl (C=O) groups excluding carboxylic acids is 1. The second-order valence-corrected chi connectivity index (χ2v) is 11.3. The van der Waals surface area contributed by atoms with Crippen molar-refractivity contribution in [3.63, 3.8) is 0 Å². The summed E-state index contributed by atoms with van der Waals surface area (Å²) in [6, 6.07) is 9.57. The van der Waals surface area contributed by atoms with Crippen LogP contribution in [0.1, 0.15) is 51.7 Å². The van der Waals surface area contributed by atoms with Gasteiger partial charge in [0.2, 0.25) is 5.91 Å². The predicted molar refractivity (Wildman–Crippen MR) is 129 cm³/mol. The van der Waals surface area contributed by atoms with Crippen molar-refractivity contribution in [2.24, 2.45) is 17.8 Å². The van der Waals surface area contributed by atoms with Crippen molar-refractivity contribution in [1.29, 1.82) is 0 Å². The maximum absolute atomic E-state index is 14.8. The summed E-state index contributed by atoms with van der Waals surface area (Å²) in [4.78, 5) is 17.8. The van der Waals surface area contributed by atoms with Crippen molar-refractivity contribution in [3.05, 3.63) is 71.0 Å². The molecule has 0 aliphatic carbocycles. The first kappa shape index (κ1) is 25.7. The first-order valence-corrected chi connectivity index (χ1v) is 12.3. The average molecular weight is 489 g/mol. The first-order chi connectivity index (χ1) is 16.3. The van der Waals surface area contributed by atoms with Gasteiger partial charge in [-0.3, -0.25) is 9.69 Å². The Hall–Kier alpha value is -2.38. The van der Waals surface area contributed by atoms with E-state index < -0.39 is 34.9 Å². The molecule has 2 aliphatic rings. The van der Waals surface area contributed by atoms with Gasteiger partial charge in [-0.1, -0.05) is 32.0 Å². The van der Waals surface area contributed by atoms with Gasteiger partial charge >= 0.3 is 0 Å². The Bertz CT molecular complexity index is 1090. The van der Waals surface area contributed by atoms with Crippen LogP contribution in [-0.4, -0.2) is 52.5 Å². The lowest BCUT2D eigenvalue weighted by atomic mass is 9.70. The SMILES string of the molecule is CC1CN(C(=O)[C@@H]2CN(C(C)(C)C)C[C@H]2c2ccc(F)cc2F)CC(C)C1(O)c1cccc(F)c1. The number of piperidine rings is 1. The minimum atomic E-state index is -1.27. The van der Waals surface area contributed by atoms with Crippen LogP contribution in [0.4, 0.5) is 13.2 Å². The highest BCUT2D eigenvalue weighted by Crippen LogP contribution is 2.44. The zero-order valence-corrected chi connectivity index (χ0v) is 21.1. The number of benzene rings is 2. The molecule has 190 valence electrons. The number of amides is 1. The molecular formula is C28H35F3N2O2. The quantitative estimate of drug-likeness (QED) is 0.667. The standard InChI is InChI=1S/C28H35F3N2O2/c1-17-13-32(14-18(2)28(17,35)19-7-6-8-20(29)11-19)26(34)24-16-33(27(3,4)5)15-23(24)22-10-9-21(30)12-25(22)31/h6-12,17-18,23-24,35H,13-16H2,1-5H3/t17?,18?,23-,24+,28?/m0/s1. The Morgan fingerprint density at radius 3 is 2.14 bits per heavy atom. The van der Waals surface area contributed by atoms with Gasteiger partial charge in [0.15, 0.2) is 0 Å². The Balaban J connectivity index is 1.61. The van der Waals surface area contributed by atoms with E-state index in [4.69, 9.17) is 0 Å². The molecule has 4 rings (SSSR count). The second kappa shape index (κ2) is 9.25. The maximum atomic E-state index is 14.8. The number of aliphatic hydroxyl groups is 1. The van der Waals surface area contributed by atoms with Crippen LogP contribution >= 0.6 is 0 Å². The highest BCUT2D eigenvalue weighted by atomic mass is 19.1. The van der Waals surface area contributed by atoms with E-state index in [1.54, 1.807) is 17.0 Å². The highest BCUT2D eigenvalue weighted by Gasteiger charge is 2.50. The third kappa shape index (κ3) is 4.73. The van der Waals surface area contributed by atoms with E-state index >= 15 is 0 Å². The minimum absolute atomic E-state index is 0.0922. The third-order valence-corrected chi connectivity index (χ3v) is 8.04. The number of rotatable bonds is 3. The Morgan fingerprint density at radius 2 is 1.57 bits per heavy atom. The topological polar surface area (TPSA) is 43.8 Å². The van der Waals surface area contributed by atoms with Gasteiger partial charge in [0, 0.05) is 55.5 Å². The van der Waals surface area contributed by atoms with E-state index in [1.807, 2.05) is 13.8 Å². The fourth-order valence-electron chi connectivity index (χ4n) is 5.94. The van der Waals surface area contributed by atoms with Crippen molar-refractivity contribution in [3.8, 4) is 0 Å². The zero-order valence-electron chi connectivity index (χ0n) is 21.1. The lowest BCUT2D eigenvalue weighted by molar-refractivity contribution is -0.152. The maximum Gasteiger partial charge on any atom is 0.227 e. The highest BCUT2D eigenvalue weighted by molar-refractivity contribution is 5.81. The summed E-state index contributed by atoms with van der Waals surface area (Å²) in [5.74, 6) is -3.35. The summed E-state index contributed by atoms with van der Waals surface area (Å²) in [6.45, 7) is 11.5. The van der Waals surface area contributed by atoms with E-state index in [9.17, 15) is 23.1 Å². The lowest BCUT2D eigenvalue weighted by Crippen LogP contribution is -2.57. The van der Waals surface area contributed by atoms with Gasteiger partial charge in [-0.15, -0.1) is 0 Å². The van der Waals surface area contributed by atoms with Crippen LogP contribution in [-0.2, 0) is 10.4 Å². The summed E-state index contributed by atoms with van der Waals surface area (Å²) in [5.41, 5.74) is -0.625. The molecule has 1 N–H and O–H groups in total. The van der Waals surface area contributed by atoms with Crippen molar-refractivity contribution >= 4 is 5.91 Å². The molecule has 2 aromatic rings. The molecular weight excluding hydrogens is 453 g/mol. The molecule has 0 spiro atoms. The molecule has 4 nitrogen and oxygen atoms in total. The molecule has 2 aromatic carbocycles. The molecule has 2 unspecified atom stereocenters. The molecule has 2 fully saturated rings. The largest absolute Gasteiger partial charge is 0.384 e. The van der Waals surface area contributed by atoms with Crippen LogP contribution in [0.15, 0.2) is 42.5 Å². The van der Waals surface area contributed by atoms with Gasteiger partial charge in [-0.25, -0.2) is 13.2 Å². The van der Waals surface area contributed by atoms with Crippen LogP contribution in [0, 0.1) is 35.2 Å². The number of halogens is 3. The average Bonchev–Trinajstić information content (AvgIpc) is 3.22. The molecule has 2 heterocycles. The monoisotopic (exact) mass is 488 g/mol. The van der Waals surface area contributed by atoms with Gasteiger partial charge in [0.1, 0.15) is 17.5 Å². The predicted octanol–water partition coefficient (Wildman–Crippen LogP) is 4.92. The fraction of sp³-hybridized carbons (Fsp3) is 0.536. The van der Waals surface area contributed by atoms with Crippen LogP contribution in [0.3, 0.4) is 0 Å². The zero-order chi connectivity index (χ0) is 25.7. The summed E-state index contributed by atoms with van der Waals surface area (Å²) >= 11 is 0. The molecule has 35 heavy (non-hydrogen) atoms. The van der Waals surface area contributed by atoms with Gasteiger partial charge in [-0.2, -0.15) is 0 Å². The third-order valence-electron chi connectivity index (χ3n) is 8.04. The van der Waals surface area contributed by atoms with Gasteiger partial charge in [-0.05, 0) is 50.1 Å². The van der Waals surface area contributed by atoms with Crippen molar-refractivity contribution < 1.29 is 23.1 Å². The summed E-state index contributed by atoms with van der Waals surface area (Å²) in [6.07, 6.45) is 0. The molecule has 7 heteroatoms. The van der Waals surface area contributed by atoms with Crippen LogP contribution in [0.25, 0.3) is 0 Å². The van der Waals surface area contributed by atoms with Crippen LogP contribution in [0.2, 0.25) is 0 Å². The number of hydrogen-bond acceptors (Lipinski definition) is 3. The lowest BCUT2D eigenvalue weighted by Gasteiger charge is -2.48. The smallest absolute Gasteiger partial charge is 0.227 e. The van der Waals surface area contributed by atoms with Crippen LogP contribution in [0.5, 0.6) is 0 Å². The second-order valence-electron chi connectivity index (χ2n) is 11.3. The summed E-state index contributed by atoms with van der Waals surface area (Å²) < 4.78 is 42.3.